The molecular weight excluding hydrogens is 184 g/mol. The van der Waals surface area contributed by atoms with Crippen molar-refractivity contribution in [2.45, 2.75) is 45.1 Å². The highest BCUT2D eigenvalue weighted by Gasteiger charge is 2.14. The summed E-state index contributed by atoms with van der Waals surface area (Å²) in [4.78, 5) is 2.56. The molecule has 1 unspecified atom stereocenters. The van der Waals surface area contributed by atoms with Crippen LogP contribution in [0, 0.1) is 0 Å². The van der Waals surface area contributed by atoms with Gasteiger partial charge in [-0.2, -0.15) is 0 Å². The summed E-state index contributed by atoms with van der Waals surface area (Å²) in [7, 11) is 0. The Bertz CT molecular complexity index is 162. The molecule has 1 fully saturated rings. The number of hydrogen-bond acceptors (Lipinski definition) is 2. The molecule has 15 heavy (non-hydrogen) atoms. The first-order valence-corrected chi connectivity index (χ1v) is 6.43. The minimum Gasteiger partial charge on any atom is -0.313 e. The van der Waals surface area contributed by atoms with E-state index in [1.165, 1.54) is 51.9 Å². The van der Waals surface area contributed by atoms with Gasteiger partial charge in [0.1, 0.15) is 0 Å². The van der Waals surface area contributed by atoms with Gasteiger partial charge in [0, 0.05) is 12.6 Å². The first kappa shape index (κ1) is 12.7. The lowest BCUT2D eigenvalue weighted by Crippen LogP contribution is -2.43. The summed E-state index contributed by atoms with van der Waals surface area (Å²) >= 11 is 0. The maximum absolute atomic E-state index is 3.77. The van der Waals surface area contributed by atoms with Crippen LogP contribution in [0.5, 0.6) is 0 Å². The van der Waals surface area contributed by atoms with Gasteiger partial charge in [-0.3, -0.25) is 0 Å². The third-order valence-corrected chi connectivity index (χ3v) is 3.22. The van der Waals surface area contributed by atoms with Crippen LogP contribution in [0.25, 0.3) is 0 Å². The van der Waals surface area contributed by atoms with Gasteiger partial charge in [0.05, 0.1) is 0 Å². The van der Waals surface area contributed by atoms with Crippen LogP contribution in [-0.4, -0.2) is 37.1 Å². The normalized spacial score (nSPS) is 21.9. The second-order valence-corrected chi connectivity index (χ2v) is 4.47. The van der Waals surface area contributed by atoms with Crippen molar-refractivity contribution in [2.24, 2.45) is 0 Å². The predicted octanol–water partition coefficient (Wildman–Crippen LogP) is 2.42. The molecule has 1 atom stereocenters. The number of nitrogens with one attached hydrogen (secondary N) is 1. The van der Waals surface area contributed by atoms with E-state index in [1.807, 2.05) is 6.08 Å². The lowest BCUT2D eigenvalue weighted by Gasteiger charge is -2.29. The van der Waals surface area contributed by atoms with Gasteiger partial charge >= 0.3 is 0 Å². The Hall–Kier alpha value is -0.340. The molecule has 1 saturated heterocycles. The molecular formula is C13H26N2. The number of rotatable bonds is 7. The van der Waals surface area contributed by atoms with Gasteiger partial charge in [-0.15, -0.1) is 6.58 Å². The number of nitrogens with zero attached hydrogens (tertiary/aromatic N) is 1. The van der Waals surface area contributed by atoms with E-state index in [0.717, 1.165) is 12.5 Å². The second kappa shape index (κ2) is 7.89. The first-order chi connectivity index (χ1) is 7.36. The molecule has 0 radical (unpaired) electrons. The maximum atomic E-state index is 3.77. The van der Waals surface area contributed by atoms with Crippen molar-refractivity contribution >= 4 is 0 Å². The Morgan fingerprint density at radius 3 is 2.93 bits per heavy atom. The van der Waals surface area contributed by atoms with E-state index in [-0.39, 0.29) is 0 Å². The van der Waals surface area contributed by atoms with Crippen molar-refractivity contribution in [1.82, 2.24) is 10.2 Å². The molecule has 1 aliphatic rings. The highest BCUT2D eigenvalue weighted by Crippen LogP contribution is 2.09. The van der Waals surface area contributed by atoms with Crippen LogP contribution in [0.2, 0.25) is 0 Å². The monoisotopic (exact) mass is 210 g/mol. The van der Waals surface area contributed by atoms with Crippen molar-refractivity contribution in [3.05, 3.63) is 12.7 Å². The molecule has 0 bridgehead atoms. The minimum absolute atomic E-state index is 0.738. The largest absolute Gasteiger partial charge is 0.313 e. The van der Waals surface area contributed by atoms with Crippen LogP contribution in [0.1, 0.15) is 39.0 Å². The lowest BCUT2D eigenvalue weighted by molar-refractivity contribution is 0.231. The molecule has 2 nitrogen and oxygen atoms in total. The second-order valence-electron chi connectivity index (χ2n) is 4.47. The van der Waals surface area contributed by atoms with Crippen LogP contribution in [-0.2, 0) is 0 Å². The number of likely N-dealkylation sites (N-methyl/N-ethyl adjacent to an activating group) is 1. The number of unbranched alkanes of at least 4 members (excludes halogenated alkanes) is 1. The molecule has 88 valence electrons. The molecule has 0 aromatic rings. The molecule has 1 rings (SSSR count). The van der Waals surface area contributed by atoms with Crippen molar-refractivity contribution < 1.29 is 0 Å². The molecule has 2 heteroatoms. The van der Waals surface area contributed by atoms with E-state index >= 15 is 0 Å². The summed E-state index contributed by atoms with van der Waals surface area (Å²) in [6.07, 6.45) is 8.55. The number of hydrogen-bond donors (Lipinski definition) is 1. The van der Waals surface area contributed by atoms with Gasteiger partial charge in [-0.25, -0.2) is 0 Å². The van der Waals surface area contributed by atoms with Gasteiger partial charge in [0.15, 0.2) is 0 Å². The molecule has 1 heterocycles. The fraction of sp³-hybridized carbons (Fsp3) is 0.846. The standard InChI is InChI=1S/C13H26N2/c1-3-5-8-11-15(4-2)12-13-9-6-7-10-14-13/h3,13-14H,1,4-12H2,2H3. The van der Waals surface area contributed by atoms with Gasteiger partial charge in [-0.1, -0.05) is 19.4 Å². The Balaban J connectivity index is 2.16. The Labute approximate surface area is 94.7 Å². The summed E-state index contributed by atoms with van der Waals surface area (Å²) in [5, 5.41) is 3.61. The zero-order chi connectivity index (χ0) is 10.9. The molecule has 0 saturated carbocycles. The Morgan fingerprint density at radius 2 is 2.33 bits per heavy atom. The minimum atomic E-state index is 0.738. The lowest BCUT2D eigenvalue weighted by atomic mass is 10.0. The van der Waals surface area contributed by atoms with Crippen molar-refractivity contribution in [1.29, 1.82) is 0 Å². The molecule has 0 amide bonds. The fourth-order valence-corrected chi connectivity index (χ4v) is 2.23. The Morgan fingerprint density at radius 1 is 1.47 bits per heavy atom. The third-order valence-electron chi connectivity index (χ3n) is 3.22. The van der Waals surface area contributed by atoms with Crippen LogP contribution >= 0.6 is 0 Å². The van der Waals surface area contributed by atoms with E-state index < -0.39 is 0 Å². The van der Waals surface area contributed by atoms with Crippen molar-refractivity contribution in [2.75, 3.05) is 26.2 Å². The zero-order valence-electron chi connectivity index (χ0n) is 10.2. The maximum Gasteiger partial charge on any atom is 0.0195 e. The summed E-state index contributed by atoms with van der Waals surface area (Å²) < 4.78 is 0. The molecule has 0 aliphatic carbocycles. The summed E-state index contributed by atoms with van der Waals surface area (Å²) in [6.45, 7) is 10.9. The van der Waals surface area contributed by atoms with Gasteiger partial charge in [0.25, 0.3) is 0 Å². The van der Waals surface area contributed by atoms with Crippen molar-refractivity contribution in [3.63, 3.8) is 0 Å². The fourth-order valence-electron chi connectivity index (χ4n) is 2.23. The Kier molecular flexibility index (Phi) is 6.69. The van der Waals surface area contributed by atoms with E-state index in [4.69, 9.17) is 0 Å². The molecule has 1 N–H and O–H groups in total. The average molecular weight is 210 g/mol. The van der Waals surface area contributed by atoms with Crippen molar-refractivity contribution in [3.8, 4) is 0 Å². The van der Waals surface area contributed by atoms with E-state index in [2.05, 4.69) is 23.7 Å². The summed E-state index contributed by atoms with van der Waals surface area (Å²) in [5.41, 5.74) is 0. The highest BCUT2D eigenvalue weighted by atomic mass is 15.1. The molecule has 0 spiro atoms. The van der Waals surface area contributed by atoms with E-state index in [9.17, 15) is 0 Å². The number of allylic oxidation sites excluding steroid dienone is 1. The first-order valence-electron chi connectivity index (χ1n) is 6.43. The number of piperidine rings is 1. The SMILES string of the molecule is C=CCCCN(CC)CC1CCCCN1. The quantitative estimate of drug-likeness (QED) is 0.513. The highest BCUT2D eigenvalue weighted by molar-refractivity contribution is 4.76. The van der Waals surface area contributed by atoms with E-state index in [0.29, 0.717) is 0 Å². The van der Waals surface area contributed by atoms with E-state index in [1.54, 1.807) is 0 Å². The van der Waals surface area contributed by atoms with Crippen LogP contribution < -0.4 is 5.32 Å². The topological polar surface area (TPSA) is 15.3 Å². The molecule has 1 aliphatic heterocycles. The van der Waals surface area contributed by atoms with Gasteiger partial charge in [0.2, 0.25) is 0 Å². The molecule has 0 aromatic heterocycles. The van der Waals surface area contributed by atoms with Crippen LogP contribution in [0.4, 0.5) is 0 Å². The van der Waals surface area contributed by atoms with Crippen LogP contribution in [0.3, 0.4) is 0 Å². The van der Waals surface area contributed by atoms with Gasteiger partial charge < -0.3 is 10.2 Å². The van der Waals surface area contributed by atoms with Gasteiger partial charge in [-0.05, 0) is 45.3 Å². The summed E-state index contributed by atoms with van der Waals surface area (Å²) in [5.74, 6) is 0. The third kappa shape index (κ3) is 5.33. The average Bonchev–Trinajstić information content (AvgIpc) is 2.29. The predicted molar refractivity (Wildman–Crippen MR) is 67.2 cm³/mol. The molecule has 0 aromatic carbocycles. The summed E-state index contributed by atoms with van der Waals surface area (Å²) in [6, 6.07) is 0.738. The van der Waals surface area contributed by atoms with Crippen LogP contribution in [0.15, 0.2) is 12.7 Å². The zero-order valence-corrected chi connectivity index (χ0v) is 10.2. The smallest absolute Gasteiger partial charge is 0.0195 e.